The van der Waals surface area contributed by atoms with Crippen molar-refractivity contribution in [3.05, 3.63) is 30.3 Å². The van der Waals surface area contributed by atoms with Crippen molar-refractivity contribution in [3.63, 3.8) is 0 Å². The molecule has 0 aliphatic rings. The van der Waals surface area contributed by atoms with Crippen molar-refractivity contribution < 1.29 is 18.5 Å². The minimum absolute atomic E-state index is 0.268. The zero-order chi connectivity index (χ0) is 12.9. The first kappa shape index (κ1) is 13.2. The van der Waals surface area contributed by atoms with Gasteiger partial charge in [-0.05, 0) is 12.1 Å². The summed E-state index contributed by atoms with van der Waals surface area (Å²) in [6.45, 7) is 0. The summed E-state index contributed by atoms with van der Waals surface area (Å²) in [5, 5.41) is 0. The summed E-state index contributed by atoms with van der Waals surface area (Å²) in [5.41, 5.74) is 5.00. The third-order valence-electron chi connectivity index (χ3n) is 1.85. The fourth-order valence-corrected chi connectivity index (χ4v) is 2.77. The highest BCUT2D eigenvalue weighted by molar-refractivity contribution is 7.94. The van der Waals surface area contributed by atoms with Gasteiger partial charge in [-0.1, -0.05) is 18.2 Å². The Hall–Kier alpha value is -1.89. The van der Waals surface area contributed by atoms with Crippen LogP contribution in [-0.2, 0) is 19.3 Å². The van der Waals surface area contributed by atoms with E-state index in [4.69, 9.17) is 5.73 Å². The topological polar surface area (TPSA) is 98.8 Å². The van der Waals surface area contributed by atoms with Crippen LogP contribution in [0.2, 0.25) is 0 Å². The molecule has 0 radical (unpaired) electrons. The van der Waals surface area contributed by atoms with E-state index in [1.807, 2.05) is 0 Å². The van der Waals surface area contributed by atoms with E-state index < -0.39 is 27.5 Å². The summed E-state index contributed by atoms with van der Waals surface area (Å²) < 4.78 is 20.1. The number of ether oxygens (including phenoxy) is 1. The third kappa shape index (κ3) is 3.56. The number of nitrogens with zero attached hydrogens (tertiary/aromatic N) is 1. The van der Waals surface area contributed by atoms with Crippen molar-refractivity contribution in [2.45, 2.75) is 4.90 Å². The van der Waals surface area contributed by atoms with Crippen molar-refractivity contribution in [1.29, 1.82) is 0 Å². The van der Waals surface area contributed by atoms with Gasteiger partial charge in [0.25, 0.3) is 0 Å². The van der Waals surface area contributed by atoms with Gasteiger partial charge in [-0.2, -0.15) is 0 Å². The van der Waals surface area contributed by atoms with Gasteiger partial charge in [-0.15, -0.1) is 4.36 Å². The van der Waals surface area contributed by atoms with Gasteiger partial charge in [0.2, 0.25) is 5.91 Å². The van der Waals surface area contributed by atoms with Gasteiger partial charge >= 0.3 is 6.09 Å². The second kappa shape index (κ2) is 5.44. The Morgan fingerprint density at radius 1 is 1.35 bits per heavy atom. The highest BCUT2D eigenvalue weighted by Crippen LogP contribution is 2.13. The second-order valence-electron chi connectivity index (χ2n) is 3.13. The molecule has 0 aliphatic heterocycles. The Bertz CT molecular complexity index is 532. The van der Waals surface area contributed by atoms with Crippen molar-refractivity contribution in [1.82, 2.24) is 0 Å². The van der Waals surface area contributed by atoms with Crippen LogP contribution in [-0.4, -0.2) is 29.1 Å². The molecule has 0 saturated heterocycles. The second-order valence-corrected chi connectivity index (χ2v) is 5.35. The lowest BCUT2D eigenvalue weighted by atomic mass is 10.4. The highest BCUT2D eigenvalue weighted by Gasteiger charge is 2.18. The maximum absolute atomic E-state index is 12.4. The molecule has 0 fully saturated rings. The fourth-order valence-electron chi connectivity index (χ4n) is 1.15. The van der Waals surface area contributed by atoms with Crippen molar-refractivity contribution >= 4 is 21.7 Å². The monoisotopic (exact) mass is 256 g/mol. The molecule has 17 heavy (non-hydrogen) atoms. The van der Waals surface area contributed by atoms with E-state index in [1.54, 1.807) is 18.2 Å². The molecule has 1 atom stereocenters. The van der Waals surface area contributed by atoms with Crippen LogP contribution in [0.25, 0.3) is 0 Å². The number of carbonyl (C=O) groups is 2. The molecule has 0 saturated carbocycles. The van der Waals surface area contributed by atoms with Crippen molar-refractivity contribution in [2.75, 3.05) is 12.9 Å². The van der Waals surface area contributed by atoms with E-state index in [2.05, 4.69) is 9.10 Å². The molecular weight excluding hydrogens is 244 g/mol. The van der Waals surface area contributed by atoms with E-state index in [9.17, 15) is 13.8 Å². The molecule has 0 bridgehead atoms. The lowest BCUT2D eigenvalue weighted by molar-refractivity contribution is -0.115. The van der Waals surface area contributed by atoms with Crippen molar-refractivity contribution in [3.8, 4) is 0 Å². The predicted octanol–water partition coefficient (Wildman–Crippen LogP) is 0.765. The predicted molar refractivity (Wildman–Crippen MR) is 61.7 cm³/mol. The van der Waals surface area contributed by atoms with Gasteiger partial charge in [-0.25, -0.2) is 9.00 Å². The largest absolute Gasteiger partial charge is 0.451 e. The minimum Gasteiger partial charge on any atom is -0.451 e. The molecule has 1 aromatic carbocycles. The van der Waals surface area contributed by atoms with Crippen LogP contribution in [0.3, 0.4) is 0 Å². The van der Waals surface area contributed by atoms with E-state index in [1.165, 1.54) is 12.1 Å². The summed E-state index contributed by atoms with van der Waals surface area (Å²) in [6, 6.07) is 7.99. The number of amides is 2. The smallest absolute Gasteiger partial charge is 0.441 e. The van der Waals surface area contributed by atoms with Crippen LogP contribution >= 0.6 is 0 Å². The molecule has 7 heteroatoms. The molecule has 92 valence electrons. The van der Waals surface area contributed by atoms with E-state index in [-0.39, 0.29) is 4.90 Å². The van der Waals surface area contributed by atoms with Gasteiger partial charge in [0, 0.05) is 4.90 Å². The van der Waals surface area contributed by atoms with Gasteiger partial charge in [0.1, 0.15) is 5.75 Å². The highest BCUT2D eigenvalue weighted by atomic mass is 32.2. The van der Waals surface area contributed by atoms with Crippen LogP contribution in [0.15, 0.2) is 39.6 Å². The molecule has 2 N–H and O–H groups in total. The van der Waals surface area contributed by atoms with E-state index in [0.717, 1.165) is 7.11 Å². The average Bonchev–Trinajstić information content (AvgIpc) is 2.29. The van der Waals surface area contributed by atoms with Crippen LogP contribution in [0.4, 0.5) is 4.79 Å². The molecule has 1 aromatic rings. The SMILES string of the molecule is COC(=O)N=S(=O)(CC(N)=O)c1ccccc1. The summed E-state index contributed by atoms with van der Waals surface area (Å²) in [4.78, 5) is 22.2. The number of nitrogens with two attached hydrogens (primary N) is 1. The molecule has 0 aliphatic carbocycles. The van der Waals surface area contributed by atoms with Gasteiger partial charge < -0.3 is 10.5 Å². The number of carbonyl (C=O) groups excluding carboxylic acids is 2. The van der Waals surface area contributed by atoms with Crippen LogP contribution in [0.5, 0.6) is 0 Å². The number of hydrogen-bond donors (Lipinski definition) is 1. The lowest BCUT2D eigenvalue weighted by Gasteiger charge is -2.07. The van der Waals surface area contributed by atoms with Crippen molar-refractivity contribution in [2.24, 2.45) is 10.1 Å². The maximum Gasteiger partial charge on any atom is 0.441 e. The number of hydrogen-bond acceptors (Lipinski definition) is 4. The first-order valence-electron chi connectivity index (χ1n) is 4.64. The maximum atomic E-state index is 12.4. The lowest BCUT2D eigenvalue weighted by Crippen LogP contribution is -2.24. The Morgan fingerprint density at radius 3 is 2.41 bits per heavy atom. The van der Waals surface area contributed by atoms with Gasteiger partial charge in [0.05, 0.1) is 16.8 Å². The Morgan fingerprint density at radius 2 is 1.94 bits per heavy atom. The molecule has 2 amide bonds. The number of benzene rings is 1. The molecule has 1 unspecified atom stereocenters. The molecule has 0 aromatic heterocycles. The Balaban J connectivity index is 3.30. The number of primary amides is 1. The van der Waals surface area contributed by atoms with Gasteiger partial charge in [0.15, 0.2) is 0 Å². The normalized spacial score (nSPS) is 13.5. The molecule has 6 nitrogen and oxygen atoms in total. The zero-order valence-electron chi connectivity index (χ0n) is 9.16. The Labute approximate surface area is 98.9 Å². The summed E-state index contributed by atoms with van der Waals surface area (Å²) >= 11 is 0. The minimum atomic E-state index is -3.20. The molecule has 0 heterocycles. The van der Waals surface area contributed by atoms with Crippen LogP contribution < -0.4 is 5.73 Å². The first-order valence-corrected chi connectivity index (χ1v) is 6.32. The number of methoxy groups -OCH3 is 1. The zero-order valence-corrected chi connectivity index (χ0v) is 9.98. The number of rotatable bonds is 3. The molecule has 0 spiro atoms. The molecule has 1 rings (SSSR count). The van der Waals surface area contributed by atoms with E-state index in [0.29, 0.717) is 0 Å². The standard InChI is InChI=1S/C10H12N2O4S/c1-16-10(14)12-17(15,7-9(11)13)8-5-3-2-4-6-8/h2-6H,7H2,1H3,(H2,11,13). The quantitative estimate of drug-likeness (QED) is 0.863. The average molecular weight is 256 g/mol. The Kier molecular flexibility index (Phi) is 4.22. The third-order valence-corrected chi connectivity index (χ3v) is 3.97. The first-order chi connectivity index (χ1) is 7.98. The fraction of sp³-hybridized carbons (Fsp3) is 0.200. The van der Waals surface area contributed by atoms with Crippen LogP contribution in [0.1, 0.15) is 0 Å². The summed E-state index contributed by atoms with van der Waals surface area (Å²) in [5.74, 6) is -1.32. The molecular formula is C10H12N2O4S. The van der Waals surface area contributed by atoms with Gasteiger partial charge in [-0.3, -0.25) is 4.79 Å². The van der Waals surface area contributed by atoms with Crippen LogP contribution in [0, 0.1) is 0 Å². The summed E-state index contributed by atoms with van der Waals surface area (Å²) in [7, 11) is -2.09. The summed E-state index contributed by atoms with van der Waals surface area (Å²) in [6.07, 6.45) is -1.000. The van der Waals surface area contributed by atoms with E-state index >= 15 is 0 Å².